The van der Waals surface area contributed by atoms with E-state index in [-0.39, 0.29) is 30.2 Å². The fraction of sp³-hybridized carbons (Fsp3) is 0.692. The predicted octanol–water partition coefficient (Wildman–Crippen LogP) is 0.166. The van der Waals surface area contributed by atoms with Gasteiger partial charge in [0.2, 0.25) is 5.91 Å². The summed E-state index contributed by atoms with van der Waals surface area (Å²) < 4.78 is 31.7. The molecule has 0 saturated carbocycles. The molecule has 1 aliphatic heterocycles. The van der Waals surface area contributed by atoms with Gasteiger partial charge in [-0.15, -0.1) is 0 Å². The average Bonchev–Trinajstić information content (AvgIpc) is 2.88. The highest BCUT2D eigenvalue weighted by Gasteiger charge is 2.40. The highest BCUT2D eigenvalue weighted by Crippen LogP contribution is 2.22. The maximum Gasteiger partial charge on any atom is 0.490 e. The first-order valence-corrected chi connectivity index (χ1v) is 6.96. The molecule has 0 aromatic rings. The van der Waals surface area contributed by atoms with E-state index in [2.05, 4.69) is 10.6 Å². The van der Waals surface area contributed by atoms with Crippen molar-refractivity contribution in [1.82, 2.24) is 10.6 Å². The molecule has 4 N–H and O–H groups in total. The van der Waals surface area contributed by atoms with Crippen LogP contribution in [0.2, 0.25) is 0 Å². The summed E-state index contributed by atoms with van der Waals surface area (Å²) in [6, 6.07) is -0.985. The van der Waals surface area contributed by atoms with Crippen molar-refractivity contribution in [3.8, 4) is 0 Å². The van der Waals surface area contributed by atoms with Crippen molar-refractivity contribution >= 4 is 23.6 Å². The number of nitrogens with one attached hydrogen (secondary N) is 2. The van der Waals surface area contributed by atoms with Gasteiger partial charge in [0, 0.05) is 31.8 Å². The van der Waals surface area contributed by atoms with E-state index in [9.17, 15) is 27.6 Å². The van der Waals surface area contributed by atoms with E-state index in [1.54, 1.807) is 6.92 Å². The molecule has 1 saturated heterocycles. The smallest absolute Gasteiger partial charge is 0.480 e. The molecular weight excluding hydrogens is 337 g/mol. The summed E-state index contributed by atoms with van der Waals surface area (Å²) in [7, 11) is 0. The fourth-order valence-corrected chi connectivity index (χ4v) is 2.11. The SMILES string of the molecule is CCC(=O)[C@@H]1C[C@H](C(=O)O)N[C@H]1CNC(C)=O.O=C(O)C(F)(F)F. The molecule has 1 fully saturated rings. The third-order valence-electron chi connectivity index (χ3n) is 3.26. The number of amides is 1. The summed E-state index contributed by atoms with van der Waals surface area (Å²) in [5, 5.41) is 21.5. The van der Waals surface area contributed by atoms with Crippen LogP contribution in [-0.4, -0.2) is 58.6 Å². The van der Waals surface area contributed by atoms with Gasteiger partial charge in [0.05, 0.1) is 0 Å². The molecule has 24 heavy (non-hydrogen) atoms. The first-order valence-electron chi connectivity index (χ1n) is 6.96. The molecule has 3 atom stereocenters. The number of Topliss-reactive ketones (excluding diaryl/α,β-unsaturated/α-hetero) is 1. The zero-order valence-corrected chi connectivity index (χ0v) is 13.0. The first-order chi connectivity index (χ1) is 10.9. The standard InChI is InChI=1S/C11H18N2O4.C2HF3O2/c1-3-10(15)7-4-8(11(16)17)13-9(7)5-12-6(2)14;3-2(4,5)1(6)7/h7-9,13H,3-5H2,1-2H3,(H,12,14)(H,16,17);(H,6,7)/t7-,8-,9+;/m1./s1. The van der Waals surface area contributed by atoms with Gasteiger partial charge in [-0.05, 0) is 6.42 Å². The van der Waals surface area contributed by atoms with Crippen LogP contribution in [0.5, 0.6) is 0 Å². The molecule has 1 amide bonds. The highest BCUT2D eigenvalue weighted by molar-refractivity contribution is 5.84. The number of carboxylic acid groups (broad SMARTS) is 2. The Morgan fingerprint density at radius 3 is 2.04 bits per heavy atom. The minimum Gasteiger partial charge on any atom is -0.480 e. The van der Waals surface area contributed by atoms with E-state index in [0.29, 0.717) is 12.8 Å². The number of rotatable bonds is 5. The maximum absolute atomic E-state index is 11.7. The topological polar surface area (TPSA) is 133 Å². The Morgan fingerprint density at radius 1 is 1.21 bits per heavy atom. The second-order valence-corrected chi connectivity index (χ2v) is 5.07. The van der Waals surface area contributed by atoms with Crippen molar-refractivity contribution in [2.75, 3.05) is 6.54 Å². The van der Waals surface area contributed by atoms with Crippen LogP contribution in [0.1, 0.15) is 26.7 Å². The van der Waals surface area contributed by atoms with Gasteiger partial charge in [-0.2, -0.15) is 13.2 Å². The molecule has 0 spiro atoms. The normalized spacial score (nSPS) is 23.0. The lowest BCUT2D eigenvalue weighted by Gasteiger charge is -2.17. The lowest BCUT2D eigenvalue weighted by atomic mass is 9.92. The lowest BCUT2D eigenvalue weighted by Crippen LogP contribution is -2.44. The van der Waals surface area contributed by atoms with Crippen molar-refractivity contribution in [3.63, 3.8) is 0 Å². The quantitative estimate of drug-likeness (QED) is 0.552. The number of ketones is 1. The number of hydrogen-bond acceptors (Lipinski definition) is 5. The Balaban J connectivity index is 0.000000640. The van der Waals surface area contributed by atoms with Gasteiger partial charge in [-0.1, -0.05) is 6.92 Å². The van der Waals surface area contributed by atoms with Crippen LogP contribution in [0.4, 0.5) is 13.2 Å². The van der Waals surface area contributed by atoms with Crippen molar-refractivity contribution in [2.45, 2.75) is 44.9 Å². The zero-order valence-electron chi connectivity index (χ0n) is 13.0. The average molecular weight is 356 g/mol. The summed E-state index contributed by atoms with van der Waals surface area (Å²) in [6.45, 7) is 3.43. The molecule has 1 heterocycles. The number of halogens is 3. The van der Waals surface area contributed by atoms with Crippen LogP contribution in [-0.2, 0) is 19.2 Å². The van der Waals surface area contributed by atoms with Crippen LogP contribution in [0.3, 0.4) is 0 Å². The van der Waals surface area contributed by atoms with Gasteiger partial charge in [0.15, 0.2) is 0 Å². The van der Waals surface area contributed by atoms with Crippen LogP contribution < -0.4 is 10.6 Å². The van der Waals surface area contributed by atoms with Gasteiger partial charge >= 0.3 is 18.1 Å². The highest BCUT2D eigenvalue weighted by atomic mass is 19.4. The molecule has 0 aromatic carbocycles. The first kappa shape index (κ1) is 21.8. The van der Waals surface area contributed by atoms with E-state index in [4.69, 9.17) is 15.0 Å². The van der Waals surface area contributed by atoms with Crippen molar-refractivity contribution in [2.24, 2.45) is 5.92 Å². The van der Waals surface area contributed by atoms with Crippen LogP contribution in [0.15, 0.2) is 0 Å². The second-order valence-electron chi connectivity index (χ2n) is 5.07. The van der Waals surface area contributed by atoms with E-state index in [1.165, 1.54) is 6.92 Å². The largest absolute Gasteiger partial charge is 0.490 e. The zero-order chi connectivity index (χ0) is 19.1. The minimum absolute atomic E-state index is 0.0385. The molecule has 0 aromatic heterocycles. The molecule has 1 aliphatic rings. The summed E-state index contributed by atoms with van der Waals surface area (Å²) in [5.41, 5.74) is 0. The maximum atomic E-state index is 11.7. The monoisotopic (exact) mass is 356 g/mol. The third-order valence-corrected chi connectivity index (χ3v) is 3.26. The number of hydrogen-bond donors (Lipinski definition) is 4. The molecule has 0 unspecified atom stereocenters. The van der Waals surface area contributed by atoms with E-state index in [1.807, 2.05) is 0 Å². The van der Waals surface area contributed by atoms with Crippen LogP contribution in [0, 0.1) is 5.92 Å². The Labute approximate surface area is 135 Å². The third kappa shape index (κ3) is 7.40. The van der Waals surface area contributed by atoms with E-state index < -0.39 is 24.2 Å². The van der Waals surface area contributed by atoms with Crippen molar-refractivity contribution in [3.05, 3.63) is 0 Å². The van der Waals surface area contributed by atoms with Crippen LogP contribution >= 0.6 is 0 Å². The molecule has 0 aliphatic carbocycles. The van der Waals surface area contributed by atoms with Crippen molar-refractivity contribution in [1.29, 1.82) is 0 Å². The second kappa shape index (κ2) is 9.21. The molecule has 0 radical (unpaired) electrons. The van der Waals surface area contributed by atoms with Crippen LogP contribution in [0.25, 0.3) is 0 Å². The van der Waals surface area contributed by atoms with Gasteiger partial charge in [-0.25, -0.2) is 4.79 Å². The number of alkyl halides is 3. The Bertz CT molecular complexity index is 495. The summed E-state index contributed by atoms with van der Waals surface area (Å²) >= 11 is 0. The Morgan fingerprint density at radius 2 is 1.71 bits per heavy atom. The summed E-state index contributed by atoms with van der Waals surface area (Å²) in [5.74, 6) is -4.19. The fourth-order valence-electron chi connectivity index (χ4n) is 2.11. The van der Waals surface area contributed by atoms with E-state index >= 15 is 0 Å². The molecule has 8 nitrogen and oxygen atoms in total. The molecule has 11 heteroatoms. The van der Waals surface area contributed by atoms with Gasteiger partial charge in [0.1, 0.15) is 11.8 Å². The molecule has 0 bridgehead atoms. The molecule has 1 rings (SSSR count). The molecular formula is C13H19F3N2O6. The predicted molar refractivity (Wildman–Crippen MR) is 74.1 cm³/mol. The number of carboxylic acids is 2. The number of aliphatic carboxylic acids is 2. The van der Waals surface area contributed by atoms with Gasteiger partial charge < -0.3 is 15.5 Å². The van der Waals surface area contributed by atoms with Crippen molar-refractivity contribution < 1.29 is 42.6 Å². The summed E-state index contributed by atoms with van der Waals surface area (Å²) in [4.78, 5) is 42.3. The van der Waals surface area contributed by atoms with Gasteiger partial charge in [-0.3, -0.25) is 19.7 Å². The minimum atomic E-state index is -5.08. The Kier molecular flexibility index (Phi) is 8.37. The Hall–Kier alpha value is -2.17. The molecule has 138 valence electrons. The number of carbonyl (C=O) groups is 4. The van der Waals surface area contributed by atoms with E-state index in [0.717, 1.165) is 0 Å². The summed E-state index contributed by atoms with van der Waals surface area (Å²) in [6.07, 6.45) is -4.40. The number of carbonyl (C=O) groups excluding carboxylic acids is 2. The van der Waals surface area contributed by atoms with Gasteiger partial charge in [0.25, 0.3) is 0 Å². The lowest BCUT2D eigenvalue weighted by molar-refractivity contribution is -0.192.